The van der Waals surface area contributed by atoms with Crippen molar-refractivity contribution in [2.75, 3.05) is 13.2 Å². The van der Waals surface area contributed by atoms with E-state index in [2.05, 4.69) is 4.90 Å². The number of nitrogens with zero attached hydrogens (tertiary/aromatic N) is 3. The van der Waals surface area contributed by atoms with Gasteiger partial charge >= 0.3 is 0 Å². The lowest BCUT2D eigenvalue weighted by atomic mass is 10.2. The fourth-order valence-electron chi connectivity index (χ4n) is 4.20. The molecular weight excluding hydrogens is 474 g/mol. The molecule has 186 valence electrons. The minimum atomic E-state index is -0.615. The Morgan fingerprint density at radius 3 is 2.31 bits per heavy atom. The number of aryl methyl sites for hydroxylation is 1. The summed E-state index contributed by atoms with van der Waals surface area (Å²) in [5.41, 5.74) is 2.81. The molecule has 1 N–H and O–H groups in total. The Balaban J connectivity index is 1.38. The van der Waals surface area contributed by atoms with Crippen LogP contribution in [-0.2, 0) is 6.54 Å². The summed E-state index contributed by atoms with van der Waals surface area (Å²) < 4.78 is 14.0. The summed E-state index contributed by atoms with van der Waals surface area (Å²) in [6.07, 6.45) is 1.62. The molecule has 0 amide bonds. The van der Waals surface area contributed by atoms with Crippen LogP contribution in [0, 0.1) is 6.92 Å². The van der Waals surface area contributed by atoms with Gasteiger partial charge in [-0.2, -0.15) is 5.10 Å². The van der Waals surface area contributed by atoms with Crippen molar-refractivity contribution >= 4 is 11.6 Å². The highest BCUT2D eigenvalue weighted by Crippen LogP contribution is 2.35. The SMILES string of the molecule is Cc1nn(-c2ccccc2)c(Oc2ccc(Cl)cc2)c1CN(CC(O)COc1ccccc1)C1CC1. The molecule has 1 aliphatic rings. The van der Waals surface area contributed by atoms with Crippen molar-refractivity contribution in [1.29, 1.82) is 0 Å². The Kier molecular flexibility index (Phi) is 7.56. The molecule has 1 atom stereocenters. The molecule has 3 aromatic carbocycles. The third-order valence-electron chi connectivity index (χ3n) is 6.22. The van der Waals surface area contributed by atoms with E-state index >= 15 is 0 Å². The van der Waals surface area contributed by atoms with E-state index in [-0.39, 0.29) is 6.61 Å². The molecule has 0 spiro atoms. The lowest BCUT2D eigenvalue weighted by molar-refractivity contribution is 0.0623. The maximum atomic E-state index is 10.8. The lowest BCUT2D eigenvalue weighted by Crippen LogP contribution is -2.36. The van der Waals surface area contributed by atoms with E-state index in [1.165, 1.54) is 0 Å². The van der Waals surface area contributed by atoms with Gasteiger partial charge in [0.1, 0.15) is 24.2 Å². The molecule has 1 fully saturated rings. The van der Waals surface area contributed by atoms with Gasteiger partial charge in [-0.3, -0.25) is 4.90 Å². The van der Waals surface area contributed by atoms with Crippen LogP contribution in [0.4, 0.5) is 0 Å². The molecule has 1 heterocycles. The second-order valence-corrected chi connectivity index (χ2v) is 9.55. The van der Waals surface area contributed by atoms with Crippen LogP contribution < -0.4 is 9.47 Å². The van der Waals surface area contributed by atoms with Gasteiger partial charge in [0.05, 0.1) is 16.9 Å². The Hall–Kier alpha value is -3.32. The number of benzene rings is 3. The summed E-state index contributed by atoms with van der Waals surface area (Å²) in [7, 11) is 0. The monoisotopic (exact) mass is 503 g/mol. The smallest absolute Gasteiger partial charge is 0.227 e. The van der Waals surface area contributed by atoms with Crippen LogP contribution in [0.5, 0.6) is 17.4 Å². The zero-order chi connectivity index (χ0) is 24.9. The number of para-hydroxylation sites is 2. The van der Waals surface area contributed by atoms with E-state index in [0.29, 0.717) is 35.8 Å². The third-order valence-corrected chi connectivity index (χ3v) is 6.47. The summed E-state index contributed by atoms with van der Waals surface area (Å²) >= 11 is 6.09. The highest BCUT2D eigenvalue weighted by molar-refractivity contribution is 6.30. The van der Waals surface area contributed by atoms with Crippen LogP contribution in [0.2, 0.25) is 5.02 Å². The molecule has 0 saturated heterocycles. The van der Waals surface area contributed by atoms with Crippen LogP contribution in [0.3, 0.4) is 0 Å². The molecule has 0 radical (unpaired) electrons. The van der Waals surface area contributed by atoms with Crippen LogP contribution in [0.15, 0.2) is 84.9 Å². The maximum Gasteiger partial charge on any atom is 0.227 e. The van der Waals surface area contributed by atoms with Crippen LogP contribution in [-0.4, -0.2) is 45.1 Å². The van der Waals surface area contributed by atoms with E-state index in [0.717, 1.165) is 35.5 Å². The minimum Gasteiger partial charge on any atom is -0.491 e. The van der Waals surface area contributed by atoms with E-state index < -0.39 is 6.10 Å². The summed E-state index contributed by atoms with van der Waals surface area (Å²) in [5.74, 6) is 2.11. The predicted octanol–water partition coefficient (Wildman–Crippen LogP) is 6.03. The summed E-state index contributed by atoms with van der Waals surface area (Å²) in [6.45, 7) is 3.37. The van der Waals surface area contributed by atoms with Gasteiger partial charge in [0.15, 0.2) is 0 Å². The quantitative estimate of drug-likeness (QED) is 0.271. The molecule has 1 aromatic heterocycles. The van der Waals surface area contributed by atoms with E-state index in [9.17, 15) is 5.11 Å². The first kappa shape index (κ1) is 24.4. The van der Waals surface area contributed by atoms with Crippen molar-refractivity contribution in [3.63, 3.8) is 0 Å². The van der Waals surface area contributed by atoms with Crippen molar-refractivity contribution in [2.45, 2.75) is 38.5 Å². The maximum absolute atomic E-state index is 10.8. The first-order valence-electron chi connectivity index (χ1n) is 12.2. The Morgan fingerprint density at radius 2 is 1.64 bits per heavy atom. The summed E-state index contributed by atoms with van der Waals surface area (Å²) in [4.78, 5) is 2.31. The number of ether oxygens (including phenoxy) is 2. The number of aromatic nitrogens is 2. The first-order valence-corrected chi connectivity index (χ1v) is 12.6. The molecule has 7 heteroatoms. The number of aliphatic hydroxyl groups is 1. The highest BCUT2D eigenvalue weighted by Gasteiger charge is 2.32. The largest absolute Gasteiger partial charge is 0.491 e. The first-order chi connectivity index (χ1) is 17.6. The van der Waals surface area contributed by atoms with Crippen molar-refractivity contribution in [1.82, 2.24) is 14.7 Å². The van der Waals surface area contributed by atoms with E-state index in [1.54, 1.807) is 0 Å². The van der Waals surface area contributed by atoms with Crippen molar-refractivity contribution in [2.24, 2.45) is 0 Å². The van der Waals surface area contributed by atoms with Gasteiger partial charge < -0.3 is 14.6 Å². The molecule has 36 heavy (non-hydrogen) atoms. The second kappa shape index (κ2) is 11.2. The molecule has 1 aliphatic carbocycles. The standard InChI is InChI=1S/C29H30ClN3O3/c1-21-28(19-32(23-14-15-23)18-25(34)20-35-26-10-6-3-7-11-26)29(36-27-16-12-22(30)13-17-27)33(31-21)24-8-4-2-5-9-24/h2-13,16-17,23,25,34H,14-15,18-20H2,1H3. The average Bonchev–Trinajstić information content (AvgIpc) is 3.71. The normalized spacial score (nSPS) is 14.1. The van der Waals surface area contributed by atoms with Crippen molar-refractivity contribution in [3.8, 4) is 23.1 Å². The number of hydrogen-bond acceptors (Lipinski definition) is 5. The van der Waals surface area contributed by atoms with E-state index in [4.69, 9.17) is 26.2 Å². The molecule has 0 aliphatic heterocycles. The topological polar surface area (TPSA) is 59.8 Å². The summed E-state index contributed by atoms with van der Waals surface area (Å²) in [5, 5.41) is 16.3. The third kappa shape index (κ3) is 6.08. The zero-order valence-electron chi connectivity index (χ0n) is 20.3. The lowest BCUT2D eigenvalue weighted by Gasteiger charge is -2.25. The molecule has 5 rings (SSSR count). The van der Waals surface area contributed by atoms with Gasteiger partial charge in [0, 0.05) is 24.2 Å². The predicted molar refractivity (Wildman–Crippen MR) is 141 cm³/mol. The number of halogens is 1. The molecule has 1 saturated carbocycles. The number of rotatable bonds is 11. The minimum absolute atomic E-state index is 0.240. The van der Waals surface area contributed by atoms with Gasteiger partial charge in [0.25, 0.3) is 0 Å². The fraction of sp³-hybridized carbons (Fsp3) is 0.276. The summed E-state index contributed by atoms with van der Waals surface area (Å²) in [6, 6.07) is 27.3. The van der Waals surface area contributed by atoms with Gasteiger partial charge in [0.2, 0.25) is 5.88 Å². The molecular formula is C29H30ClN3O3. The number of hydrogen-bond donors (Lipinski definition) is 1. The molecule has 4 aromatic rings. The van der Waals surface area contributed by atoms with Gasteiger partial charge in [-0.25, -0.2) is 4.68 Å². The molecule has 1 unspecified atom stereocenters. The Bertz CT molecular complexity index is 1260. The molecule has 0 bridgehead atoms. The Morgan fingerprint density at radius 1 is 0.972 bits per heavy atom. The fourth-order valence-corrected chi connectivity index (χ4v) is 4.33. The van der Waals surface area contributed by atoms with Crippen LogP contribution in [0.1, 0.15) is 24.1 Å². The van der Waals surface area contributed by atoms with Gasteiger partial charge in [-0.1, -0.05) is 48.0 Å². The van der Waals surface area contributed by atoms with Gasteiger partial charge in [-0.15, -0.1) is 0 Å². The van der Waals surface area contributed by atoms with Crippen molar-refractivity contribution < 1.29 is 14.6 Å². The van der Waals surface area contributed by atoms with Crippen molar-refractivity contribution in [3.05, 3.63) is 101 Å². The Labute approximate surface area is 216 Å². The molecule has 6 nitrogen and oxygen atoms in total. The van der Waals surface area contributed by atoms with Crippen LogP contribution >= 0.6 is 11.6 Å². The zero-order valence-corrected chi connectivity index (χ0v) is 21.0. The average molecular weight is 504 g/mol. The highest BCUT2D eigenvalue weighted by atomic mass is 35.5. The number of aliphatic hydroxyl groups excluding tert-OH is 1. The van der Waals surface area contributed by atoms with E-state index in [1.807, 2.05) is 96.5 Å². The van der Waals surface area contributed by atoms with Crippen LogP contribution in [0.25, 0.3) is 5.69 Å². The second-order valence-electron chi connectivity index (χ2n) is 9.11. The van der Waals surface area contributed by atoms with Gasteiger partial charge in [-0.05, 0) is 68.3 Å².